The second-order valence-electron chi connectivity index (χ2n) is 4.52. The van der Waals surface area contributed by atoms with E-state index in [1.807, 2.05) is 12.1 Å². The third-order valence-corrected chi connectivity index (χ3v) is 2.91. The summed E-state index contributed by atoms with van der Waals surface area (Å²) in [7, 11) is 0. The molecule has 0 aliphatic rings. The molecule has 1 aromatic heterocycles. The summed E-state index contributed by atoms with van der Waals surface area (Å²) < 4.78 is 5.39. The number of ether oxygens (including phenoxy) is 1. The molecule has 0 radical (unpaired) electrons. The van der Waals surface area contributed by atoms with E-state index in [-0.39, 0.29) is 12.5 Å². The molecule has 0 unspecified atom stereocenters. The number of rotatable bonds is 8. The van der Waals surface area contributed by atoms with E-state index in [9.17, 15) is 4.79 Å². The van der Waals surface area contributed by atoms with Gasteiger partial charge in [-0.3, -0.25) is 9.89 Å². The summed E-state index contributed by atoms with van der Waals surface area (Å²) in [6.07, 6.45) is 3.02. The maximum Gasteiger partial charge on any atom is 0.257 e. The Labute approximate surface area is 122 Å². The number of nitrogens with one attached hydrogen (secondary N) is 2. The van der Waals surface area contributed by atoms with E-state index < -0.39 is 0 Å². The first-order chi connectivity index (χ1) is 10.3. The highest BCUT2D eigenvalue weighted by atomic mass is 16.5. The number of H-pyrrole nitrogens is 1. The first kappa shape index (κ1) is 15.0. The third-order valence-electron chi connectivity index (χ3n) is 2.91. The lowest BCUT2D eigenvalue weighted by Gasteiger charge is -2.07. The summed E-state index contributed by atoms with van der Waals surface area (Å²) in [5.74, 6) is 1.33. The Hall–Kier alpha value is -2.41. The van der Waals surface area contributed by atoms with Crippen LogP contribution in [-0.2, 0) is 17.8 Å². The van der Waals surface area contributed by atoms with Crippen molar-refractivity contribution in [2.45, 2.75) is 19.4 Å². The second-order valence-corrected chi connectivity index (χ2v) is 4.52. The van der Waals surface area contributed by atoms with Crippen molar-refractivity contribution < 1.29 is 9.53 Å². The maximum absolute atomic E-state index is 11.6. The molecule has 1 amide bonds. The van der Waals surface area contributed by atoms with E-state index in [1.165, 1.54) is 6.33 Å². The Morgan fingerprint density at radius 2 is 2.14 bits per heavy atom. The van der Waals surface area contributed by atoms with Gasteiger partial charge < -0.3 is 15.8 Å². The van der Waals surface area contributed by atoms with Crippen LogP contribution in [0.25, 0.3) is 0 Å². The number of nitrogens with zero attached hydrogens (tertiary/aromatic N) is 2. The van der Waals surface area contributed by atoms with Crippen LogP contribution in [-0.4, -0.2) is 34.2 Å². The minimum Gasteiger partial charge on any atom is -0.484 e. The highest BCUT2D eigenvalue weighted by Gasteiger charge is 2.03. The maximum atomic E-state index is 11.6. The molecule has 0 bridgehead atoms. The van der Waals surface area contributed by atoms with Gasteiger partial charge in [-0.2, -0.15) is 5.10 Å². The monoisotopic (exact) mass is 289 g/mol. The van der Waals surface area contributed by atoms with Crippen LogP contribution < -0.4 is 15.8 Å². The number of carbonyl (C=O) groups excluding carboxylic acids is 1. The molecule has 0 atom stereocenters. The summed E-state index contributed by atoms with van der Waals surface area (Å²) in [5, 5.41) is 9.33. The topological polar surface area (TPSA) is 106 Å². The van der Waals surface area contributed by atoms with E-state index in [2.05, 4.69) is 20.5 Å². The average Bonchev–Trinajstić information content (AvgIpc) is 3.03. The fourth-order valence-electron chi connectivity index (χ4n) is 1.76. The van der Waals surface area contributed by atoms with Crippen molar-refractivity contribution in [3.8, 4) is 5.75 Å². The Morgan fingerprint density at radius 3 is 2.81 bits per heavy atom. The van der Waals surface area contributed by atoms with Crippen LogP contribution in [0, 0.1) is 0 Å². The molecule has 2 aromatic rings. The summed E-state index contributed by atoms with van der Waals surface area (Å²) in [6.45, 7) is 1.07. The standard InChI is InChI=1S/C14H19N5O2/c15-8-11-3-5-12(6-4-11)21-9-14(20)16-7-1-2-13-17-10-18-19-13/h3-6,10H,1-2,7-9,15H2,(H,16,20)(H,17,18,19). The molecule has 1 aromatic carbocycles. The fourth-order valence-corrected chi connectivity index (χ4v) is 1.76. The summed E-state index contributed by atoms with van der Waals surface area (Å²) in [4.78, 5) is 15.6. The zero-order valence-electron chi connectivity index (χ0n) is 11.7. The quantitative estimate of drug-likeness (QED) is 0.610. The minimum absolute atomic E-state index is 0.00425. The number of aromatic nitrogens is 3. The fraction of sp³-hybridized carbons (Fsp3) is 0.357. The normalized spacial score (nSPS) is 10.3. The van der Waals surface area contributed by atoms with E-state index in [4.69, 9.17) is 10.5 Å². The van der Waals surface area contributed by atoms with Gasteiger partial charge in [-0.05, 0) is 24.1 Å². The SMILES string of the molecule is NCc1ccc(OCC(=O)NCCCc2ncn[nH]2)cc1. The van der Waals surface area contributed by atoms with Crippen LogP contribution in [0.4, 0.5) is 0 Å². The summed E-state index contributed by atoms with van der Waals surface area (Å²) in [5.41, 5.74) is 6.54. The van der Waals surface area contributed by atoms with Crippen LogP contribution in [0.3, 0.4) is 0 Å². The van der Waals surface area contributed by atoms with Crippen molar-refractivity contribution >= 4 is 5.91 Å². The molecule has 0 aliphatic carbocycles. The molecule has 0 aliphatic heterocycles. The lowest BCUT2D eigenvalue weighted by Crippen LogP contribution is -2.29. The van der Waals surface area contributed by atoms with Gasteiger partial charge in [0.05, 0.1) is 0 Å². The largest absolute Gasteiger partial charge is 0.484 e. The van der Waals surface area contributed by atoms with Gasteiger partial charge in [-0.1, -0.05) is 12.1 Å². The average molecular weight is 289 g/mol. The zero-order chi connectivity index (χ0) is 14.9. The number of hydrogen-bond donors (Lipinski definition) is 3. The number of benzene rings is 1. The van der Waals surface area contributed by atoms with Crippen LogP contribution >= 0.6 is 0 Å². The molecule has 0 saturated heterocycles. The predicted octanol–water partition coefficient (Wildman–Crippen LogP) is 0.391. The molecular formula is C14H19N5O2. The number of aromatic amines is 1. The molecule has 0 saturated carbocycles. The van der Waals surface area contributed by atoms with Crippen molar-refractivity contribution in [1.29, 1.82) is 0 Å². The van der Waals surface area contributed by atoms with E-state index in [1.54, 1.807) is 12.1 Å². The molecule has 7 nitrogen and oxygen atoms in total. The van der Waals surface area contributed by atoms with Gasteiger partial charge in [0.15, 0.2) is 6.61 Å². The van der Waals surface area contributed by atoms with Crippen LogP contribution in [0.1, 0.15) is 17.8 Å². The molecule has 21 heavy (non-hydrogen) atoms. The highest BCUT2D eigenvalue weighted by molar-refractivity contribution is 5.77. The number of carbonyl (C=O) groups is 1. The summed E-state index contributed by atoms with van der Waals surface area (Å²) in [6, 6.07) is 7.37. The molecular weight excluding hydrogens is 270 g/mol. The lowest BCUT2D eigenvalue weighted by molar-refractivity contribution is -0.123. The van der Waals surface area contributed by atoms with E-state index in [0.717, 1.165) is 24.2 Å². The van der Waals surface area contributed by atoms with Gasteiger partial charge in [-0.25, -0.2) is 4.98 Å². The number of hydrogen-bond acceptors (Lipinski definition) is 5. The predicted molar refractivity (Wildman–Crippen MR) is 77.5 cm³/mol. The molecule has 4 N–H and O–H groups in total. The molecule has 1 heterocycles. The Bertz CT molecular complexity index is 539. The van der Waals surface area contributed by atoms with E-state index in [0.29, 0.717) is 18.8 Å². The third kappa shape index (κ3) is 5.23. The van der Waals surface area contributed by atoms with Crippen molar-refractivity contribution in [3.05, 3.63) is 42.0 Å². The van der Waals surface area contributed by atoms with Crippen LogP contribution in [0.2, 0.25) is 0 Å². The Morgan fingerprint density at radius 1 is 1.33 bits per heavy atom. The Kier molecular flexibility index (Phi) is 5.71. The highest BCUT2D eigenvalue weighted by Crippen LogP contribution is 2.11. The number of nitrogens with two attached hydrogens (primary N) is 1. The van der Waals surface area contributed by atoms with Crippen LogP contribution in [0.5, 0.6) is 5.75 Å². The van der Waals surface area contributed by atoms with Gasteiger partial charge in [0.2, 0.25) is 0 Å². The summed E-state index contributed by atoms with van der Waals surface area (Å²) >= 11 is 0. The molecule has 2 rings (SSSR count). The molecule has 0 fully saturated rings. The van der Waals surface area contributed by atoms with Crippen molar-refractivity contribution in [2.75, 3.05) is 13.2 Å². The smallest absolute Gasteiger partial charge is 0.257 e. The number of aryl methyl sites for hydroxylation is 1. The van der Waals surface area contributed by atoms with Gasteiger partial charge >= 0.3 is 0 Å². The van der Waals surface area contributed by atoms with Crippen molar-refractivity contribution in [2.24, 2.45) is 5.73 Å². The van der Waals surface area contributed by atoms with Gasteiger partial charge in [0.25, 0.3) is 5.91 Å². The molecule has 112 valence electrons. The first-order valence-corrected chi connectivity index (χ1v) is 6.80. The van der Waals surface area contributed by atoms with E-state index >= 15 is 0 Å². The molecule has 7 heteroatoms. The van der Waals surface area contributed by atoms with Crippen LogP contribution in [0.15, 0.2) is 30.6 Å². The zero-order valence-corrected chi connectivity index (χ0v) is 11.7. The van der Waals surface area contributed by atoms with Gasteiger partial charge in [0.1, 0.15) is 17.9 Å². The first-order valence-electron chi connectivity index (χ1n) is 6.80. The number of amides is 1. The minimum atomic E-state index is -0.143. The van der Waals surface area contributed by atoms with Crippen molar-refractivity contribution in [1.82, 2.24) is 20.5 Å². The Balaban J connectivity index is 1.60. The van der Waals surface area contributed by atoms with Gasteiger partial charge in [0, 0.05) is 19.5 Å². The van der Waals surface area contributed by atoms with Crippen molar-refractivity contribution in [3.63, 3.8) is 0 Å². The molecule has 0 spiro atoms. The van der Waals surface area contributed by atoms with Gasteiger partial charge in [-0.15, -0.1) is 0 Å². The second kappa shape index (κ2) is 8.01. The lowest BCUT2D eigenvalue weighted by atomic mass is 10.2.